The lowest BCUT2D eigenvalue weighted by Crippen LogP contribution is -2.45. The molecule has 7 nitrogen and oxygen atoms in total. The van der Waals surface area contributed by atoms with Gasteiger partial charge in [0.05, 0.1) is 0 Å². The van der Waals surface area contributed by atoms with Crippen LogP contribution in [-0.2, 0) is 22.1 Å². The maximum absolute atomic E-state index is 11.4. The number of aliphatic hydroxyl groups is 1. The molecule has 4 N–H and O–H groups in total. The average molecular weight is 372 g/mol. The van der Waals surface area contributed by atoms with Gasteiger partial charge in [-0.25, -0.2) is 4.57 Å². The third kappa shape index (κ3) is 4.39. The molecule has 2 unspecified atom stereocenters. The summed E-state index contributed by atoms with van der Waals surface area (Å²) in [5, 5.41) is 7.01. The summed E-state index contributed by atoms with van der Waals surface area (Å²) in [6.07, 6.45) is 3.66. The first-order valence-corrected chi connectivity index (χ1v) is 10.1. The SMILES string of the molecule is Cc1cccc(Cc2ccc[n+](CC(O)([PH](=O)O)P(=O)(O)O)c2)c1. The van der Waals surface area contributed by atoms with E-state index in [0.29, 0.717) is 6.42 Å². The zero-order valence-electron chi connectivity index (χ0n) is 13.0. The van der Waals surface area contributed by atoms with Crippen molar-refractivity contribution in [2.75, 3.05) is 0 Å². The minimum absolute atomic E-state index is 0.588. The first-order valence-electron chi connectivity index (χ1n) is 7.17. The fourth-order valence-corrected chi connectivity index (χ4v) is 4.04. The minimum Gasteiger partial charge on any atom is -0.365 e. The molecule has 0 aliphatic rings. The summed E-state index contributed by atoms with van der Waals surface area (Å²) in [5.74, 6) is 0. The van der Waals surface area contributed by atoms with Crippen LogP contribution < -0.4 is 4.57 Å². The largest absolute Gasteiger partial charge is 0.373 e. The van der Waals surface area contributed by atoms with Gasteiger partial charge in [-0.15, -0.1) is 0 Å². The van der Waals surface area contributed by atoms with E-state index in [1.54, 1.807) is 12.3 Å². The van der Waals surface area contributed by atoms with Crippen molar-refractivity contribution in [3.63, 3.8) is 0 Å². The lowest BCUT2D eigenvalue weighted by atomic mass is 10.0. The molecule has 2 aromatic rings. The van der Waals surface area contributed by atoms with Gasteiger partial charge in [-0.2, -0.15) is 0 Å². The molecule has 0 spiro atoms. The van der Waals surface area contributed by atoms with Gasteiger partial charge in [0, 0.05) is 18.1 Å². The number of aromatic nitrogens is 1. The first-order chi connectivity index (χ1) is 11.1. The molecule has 24 heavy (non-hydrogen) atoms. The first kappa shape index (κ1) is 19.0. The highest BCUT2D eigenvalue weighted by molar-refractivity contribution is 7.66. The number of rotatable bonds is 6. The summed E-state index contributed by atoms with van der Waals surface area (Å²) in [5.41, 5.74) is 3.02. The molecule has 1 aromatic carbocycles. The highest BCUT2D eigenvalue weighted by Gasteiger charge is 2.54. The highest BCUT2D eigenvalue weighted by atomic mass is 31.2. The van der Waals surface area contributed by atoms with E-state index in [1.165, 1.54) is 10.8 Å². The van der Waals surface area contributed by atoms with Crippen molar-refractivity contribution in [1.29, 1.82) is 0 Å². The van der Waals surface area contributed by atoms with E-state index in [4.69, 9.17) is 0 Å². The average Bonchev–Trinajstić information content (AvgIpc) is 2.46. The second-order valence-corrected chi connectivity index (χ2v) is 9.40. The number of benzene rings is 1. The maximum Gasteiger partial charge on any atom is 0.373 e. The Bertz CT molecular complexity index is 806. The summed E-state index contributed by atoms with van der Waals surface area (Å²) in [7, 11) is -9.06. The van der Waals surface area contributed by atoms with Gasteiger partial charge in [-0.1, -0.05) is 29.8 Å². The van der Waals surface area contributed by atoms with Crippen LogP contribution in [0.4, 0.5) is 0 Å². The van der Waals surface area contributed by atoms with Crippen molar-refractivity contribution in [1.82, 2.24) is 0 Å². The molecule has 0 aliphatic heterocycles. The van der Waals surface area contributed by atoms with E-state index < -0.39 is 27.3 Å². The summed E-state index contributed by atoms with van der Waals surface area (Å²) in [6, 6.07) is 11.4. The van der Waals surface area contributed by atoms with Crippen LogP contribution in [0.3, 0.4) is 0 Å². The van der Waals surface area contributed by atoms with Crippen molar-refractivity contribution in [2.45, 2.75) is 25.0 Å². The maximum atomic E-state index is 11.4. The number of hydrogen-bond donors (Lipinski definition) is 4. The molecule has 2 rings (SSSR count). The molecule has 1 heterocycles. The van der Waals surface area contributed by atoms with Gasteiger partial charge in [-0.05, 0) is 18.6 Å². The third-order valence-corrected chi connectivity index (χ3v) is 7.03. The van der Waals surface area contributed by atoms with Crippen LogP contribution >= 0.6 is 15.6 Å². The fourth-order valence-electron chi connectivity index (χ4n) is 2.38. The molecule has 2 atom stereocenters. The van der Waals surface area contributed by atoms with E-state index in [9.17, 15) is 28.9 Å². The zero-order valence-corrected chi connectivity index (χ0v) is 14.9. The van der Waals surface area contributed by atoms with Gasteiger partial charge in [0.1, 0.15) is 0 Å². The van der Waals surface area contributed by atoms with Gasteiger partial charge in [0.2, 0.25) is 8.03 Å². The summed E-state index contributed by atoms with van der Waals surface area (Å²) in [6.45, 7) is 1.31. The Labute approximate surface area is 140 Å². The standard InChI is InChI=1S/C15H19NO6P2/c1-12-4-2-5-13(8-12)9-14-6-3-7-16(10-14)11-15(17,23(18)19)24(20,21)22/h2-8,10,17,23H,9,11H2,1H3,(H2-,18,19,20,21,22)/p+1. The molecule has 0 radical (unpaired) electrons. The van der Waals surface area contributed by atoms with E-state index in [0.717, 1.165) is 16.7 Å². The molecule has 0 saturated carbocycles. The summed E-state index contributed by atoms with van der Waals surface area (Å²) in [4.78, 5) is 27.6. The molecule has 0 amide bonds. The van der Waals surface area contributed by atoms with Crippen LogP contribution in [0.1, 0.15) is 16.7 Å². The predicted octanol–water partition coefficient (Wildman–Crippen LogP) is 1.16. The fraction of sp³-hybridized carbons (Fsp3) is 0.267. The van der Waals surface area contributed by atoms with E-state index in [2.05, 4.69) is 0 Å². The smallest absolute Gasteiger partial charge is 0.365 e. The van der Waals surface area contributed by atoms with Crippen LogP contribution in [0.15, 0.2) is 48.8 Å². The molecule has 0 saturated heterocycles. The van der Waals surface area contributed by atoms with Crippen LogP contribution in [0.25, 0.3) is 0 Å². The second-order valence-electron chi connectivity index (χ2n) is 5.72. The number of aryl methyl sites for hydroxylation is 1. The molecular formula is C15H20NO6P2+. The van der Waals surface area contributed by atoms with E-state index in [-0.39, 0.29) is 0 Å². The predicted molar refractivity (Wildman–Crippen MR) is 88.8 cm³/mol. The van der Waals surface area contributed by atoms with Crippen molar-refractivity contribution in [3.05, 3.63) is 65.5 Å². The molecule has 130 valence electrons. The Morgan fingerprint density at radius 3 is 2.46 bits per heavy atom. The molecule has 1 aromatic heterocycles. The Balaban J connectivity index is 2.27. The van der Waals surface area contributed by atoms with Crippen LogP contribution in [0.5, 0.6) is 0 Å². The summed E-state index contributed by atoms with van der Waals surface area (Å²) < 4.78 is 24.0. The van der Waals surface area contributed by atoms with Crippen molar-refractivity contribution >= 4 is 15.6 Å². The molecule has 0 aliphatic carbocycles. The minimum atomic E-state index is -5.18. The lowest BCUT2D eigenvalue weighted by molar-refractivity contribution is -0.703. The third-order valence-electron chi connectivity index (χ3n) is 3.64. The van der Waals surface area contributed by atoms with Gasteiger partial charge >= 0.3 is 7.60 Å². The normalized spacial score (nSPS) is 15.7. The number of nitrogens with zero attached hydrogens (tertiary/aromatic N) is 1. The molecular weight excluding hydrogens is 352 g/mol. The van der Waals surface area contributed by atoms with Crippen LogP contribution in [0.2, 0.25) is 0 Å². The molecule has 0 fully saturated rings. The van der Waals surface area contributed by atoms with Gasteiger partial charge in [0.25, 0.3) is 5.08 Å². The van der Waals surface area contributed by atoms with Crippen LogP contribution in [-0.4, -0.2) is 24.9 Å². The topological polar surface area (TPSA) is 119 Å². The molecule has 9 heteroatoms. The van der Waals surface area contributed by atoms with Gasteiger partial charge in [0.15, 0.2) is 18.9 Å². The quantitative estimate of drug-likeness (QED) is 0.446. The Kier molecular flexibility index (Phi) is 5.76. The van der Waals surface area contributed by atoms with E-state index >= 15 is 0 Å². The Hall–Kier alpha value is -1.33. The number of pyridine rings is 1. The van der Waals surface area contributed by atoms with Crippen LogP contribution in [0, 0.1) is 6.92 Å². The zero-order chi connectivity index (χ0) is 18.0. The second kappa shape index (κ2) is 7.28. The Morgan fingerprint density at radius 2 is 1.88 bits per heavy atom. The monoisotopic (exact) mass is 372 g/mol. The number of hydrogen-bond acceptors (Lipinski definition) is 3. The van der Waals surface area contributed by atoms with Gasteiger partial charge < -0.3 is 19.8 Å². The molecule has 0 bridgehead atoms. The van der Waals surface area contributed by atoms with Crippen molar-refractivity contribution in [3.8, 4) is 0 Å². The summed E-state index contributed by atoms with van der Waals surface area (Å²) >= 11 is 0. The van der Waals surface area contributed by atoms with Crippen molar-refractivity contribution in [2.24, 2.45) is 0 Å². The lowest BCUT2D eigenvalue weighted by Gasteiger charge is -2.22. The highest BCUT2D eigenvalue weighted by Crippen LogP contribution is 2.59. The van der Waals surface area contributed by atoms with Crippen molar-refractivity contribution < 1.29 is 33.5 Å². The van der Waals surface area contributed by atoms with E-state index in [1.807, 2.05) is 37.3 Å². The van der Waals surface area contributed by atoms with Gasteiger partial charge in [-0.3, -0.25) is 9.13 Å². The Morgan fingerprint density at radius 1 is 1.21 bits per heavy atom.